The highest BCUT2D eigenvalue weighted by molar-refractivity contribution is 7.00. The second kappa shape index (κ2) is 6.67. The van der Waals surface area contributed by atoms with Crippen LogP contribution < -0.4 is 5.32 Å². The molecule has 0 saturated heterocycles. The number of hydrogen-bond acceptors (Lipinski definition) is 7. The van der Waals surface area contributed by atoms with Gasteiger partial charge in [0.25, 0.3) is 5.91 Å². The third-order valence-corrected chi connectivity index (χ3v) is 3.62. The fourth-order valence-corrected chi connectivity index (χ4v) is 2.47. The molecular formula is C14H9ClN4O3S. The van der Waals surface area contributed by atoms with E-state index in [-0.39, 0.29) is 10.7 Å². The third kappa shape index (κ3) is 3.61. The summed E-state index contributed by atoms with van der Waals surface area (Å²) in [6, 6.07) is 8.19. The first-order valence-corrected chi connectivity index (χ1v) is 7.54. The Morgan fingerprint density at radius 1 is 1.22 bits per heavy atom. The topological polar surface area (TPSA) is 94.1 Å². The molecule has 2 heterocycles. The van der Waals surface area contributed by atoms with Crippen molar-refractivity contribution in [3.05, 3.63) is 47.2 Å². The summed E-state index contributed by atoms with van der Waals surface area (Å²) >= 11 is 6.69. The molecule has 7 nitrogen and oxygen atoms in total. The molecule has 9 heteroatoms. The maximum atomic E-state index is 11.9. The van der Waals surface area contributed by atoms with Crippen molar-refractivity contribution in [1.82, 2.24) is 13.7 Å². The van der Waals surface area contributed by atoms with E-state index in [1.165, 1.54) is 18.3 Å². The van der Waals surface area contributed by atoms with Gasteiger partial charge in [0, 0.05) is 6.20 Å². The molecule has 1 N–H and O–H groups in total. The van der Waals surface area contributed by atoms with E-state index < -0.39 is 18.5 Å². The van der Waals surface area contributed by atoms with Crippen LogP contribution in [0.15, 0.2) is 36.5 Å². The number of esters is 1. The van der Waals surface area contributed by atoms with E-state index in [0.29, 0.717) is 16.7 Å². The first-order valence-electron chi connectivity index (χ1n) is 6.43. The molecule has 3 rings (SSSR count). The molecule has 0 aliphatic carbocycles. The van der Waals surface area contributed by atoms with E-state index in [9.17, 15) is 9.59 Å². The van der Waals surface area contributed by atoms with Crippen LogP contribution in [0.3, 0.4) is 0 Å². The monoisotopic (exact) mass is 348 g/mol. The molecular weight excluding hydrogens is 340 g/mol. The molecule has 1 aromatic carbocycles. The zero-order chi connectivity index (χ0) is 16.2. The Kier molecular flexibility index (Phi) is 4.45. The second-order valence-corrected chi connectivity index (χ2v) is 5.35. The van der Waals surface area contributed by atoms with Gasteiger partial charge in [0.2, 0.25) is 0 Å². The summed E-state index contributed by atoms with van der Waals surface area (Å²) in [5, 5.41) is 2.91. The number of carbonyl (C=O) groups is 2. The number of pyridine rings is 1. The Bertz CT molecular complexity index is 866. The van der Waals surface area contributed by atoms with Crippen molar-refractivity contribution in [2.45, 2.75) is 0 Å². The van der Waals surface area contributed by atoms with Gasteiger partial charge in [0.1, 0.15) is 16.2 Å². The number of aromatic nitrogens is 3. The number of anilines is 1. The normalized spacial score (nSPS) is 10.5. The molecule has 0 fully saturated rings. The quantitative estimate of drug-likeness (QED) is 0.575. The average molecular weight is 349 g/mol. The maximum absolute atomic E-state index is 11.9. The number of halogens is 1. The SMILES string of the molecule is O=C(COC(=O)c1ccc(Cl)nc1)Nc1cccc2nsnc12. The zero-order valence-corrected chi connectivity index (χ0v) is 13.1. The van der Waals surface area contributed by atoms with Crippen LogP contribution in [0.5, 0.6) is 0 Å². The summed E-state index contributed by atoms with van der Waals surface area (Å²) < 4.78 is 13.1. The van der Waals surface area contributed by atoms with Crippen molar-refractivity contribution in [3.8, 4) is 0 Å². The number of ether oxygens (including phenoxy) is 1. The van der Waals surface area contributed by atoms with Crippen LogP contribution in [0.4, 0.5) is 5.69 Å². The second-order valence-electron chi connectivity index (χ2n) is 4.43. The largest absolute Gasteiger partial charge is 0.452 e. The van der Waals surface area contributed by atoms with Gasteiger partial charge in [0.05, 0.1) is 23.0 Å². The summed E-state index contributed by atoms with van der Waals surface area (Å²) in [5.74, 6) is -1.13. The minimum Gasteiger partial charge on any atom is -0.452 e. The molecule has 0 atom stereocenters. The number of rotatable bonds is 4. The van der Waals surface area contributed by atoms with Crippen molar-refractivity contribution in [3.63, 3.8) is 0 Å². The van der Waals surface area contributed by atoms with Crippen LogP contribution in [0.25, 0.3) is 11.0 Å². The molecule has 0 unspecified atom stereocenters. The van der Waals surface area contributed by atoms with Gasteiger partial charge in [0.15, 0.2) is 6.61 Å². The molecule has 0 spiro atoms. The Morgan fingerprint density at radius 3 is 2.87 bits per heavy atom. The van der Waals surface area contributed by atoms with Crippen LogP contribution in [-0.2, 0) is 9.53 Å². The molecule has 1 amide bonds. The van der Waals surface area contributed by atoms with Crippen molar-refractivity contribution in [2.24, 2.45) is 0 Å². The molecule has 2 aromatic heterocycles. The third-order valence-electron chi connectivity index (χ3n) is 2.86. The predicted octanol–water partition coefficient (Wildman–Crippen LogP) is 2.54. The number of hydrogen-bond donors (Lipinski definition) is 1. The maximum Gasteiger partial charge on any atom is 0.340 e. The van der Waals surface area contributed by atoms with E-state index >= 15 is 0 Å². The number of benzene rings is 1. The van der Waals surface area contributed by atoms with Gasteiger partial charge in [-0.05, 0) is 24.3 Å². The lowest BCUT2D eigenvalue weighted by molar-refractivity contribution is -0.119. The Labute approximate surface area is 139 Å². The van der Waals surface area contributed by atoms with Gasteiger partial charge >= 0.3 is 5.97 Å². The number of nitrogens with one attached hydrogen (secondary N) is 1. The highest BCUT2D eigenvalue weighted by atomic mass is 35.5. The minimum absolute atomic E-state index is 0.216. The lowest BCUT2D eigenvalue weighted by atomic mass is 10.2. The summed E-state index contributed by atoms with van der Waals surface area (Å²) in [7, 11) is 0. The van der Waals surface area contributed by atoms with Crippen molar-refractivity contribution < 1.29 is 14.3 Å². The molecule has 0 bridgehead atoms. The molecule has 3 aromatic rings. The number of amides is 1. The Balaban J connectivity index is 1.60. The predicted molar refractivity (Wildman–Crippen MR) is 85.6 cm³/mol. The van der Waals surface area contributed by atoms with Crippen molar-refractivity contribution in [1.29, 1.82) is 0 Å². The first kappa shape index (κ1) is 15.3. The van der Waals surface area contributed by atoms with Crippen LogP contribution in [0, 0.1) is 0 Å². The Hall–Kier alpha value is -2.58. The van der Waals surface area contributed by atoms with Gasteiger partial charge in [-0.2, -0.15) is 8.75 Å². The summed E-state index contributed by atoms with van der Waals surface area (Å²) in [6.45, 7) is -0.421. The van der Waals surface area contributed by atoms with Crippen LogP contribution >= 0.6 is 23.3 Å². The van der Waals surface area contributed by atoms with Crippen molar-refractivity contribution in [2.75, 3.05) is 11.9 Å². The van der Waals surface area contributed by atoms with Gasteiger partial charge in [-0.3, -0.25) is 4.79 Å². The zero-order valence-electron chi connectivity index (χ0n) is 11.5. The van der Waals surface area contributed by atoms with Gasteiger partial charge < -0.3 is 10.1 Å². The molecule has 0 aliphatic rings. The molecule has 23 heavy (non-hydrogen) atoms. The highest BCUT2D eigenvalue weighted by Crippen LogP contribution is 2.20. The average Bonchev–Trinajstić information content (AvgIpc) is 3.03. The lowest BCUT2D eigenvalue weighted by Crippen LogP contribution is -2.21. The fraction of sp³-hybridized carbons (Fsp3) is 0.0714. The number of carbonyl (C=O) groups excluding carboxylic acids is 2. The molecule has 116 valence electrons. The molecule has 0 saturated carbocycles. The van der Waals surface area contributed by atoms with Crippen molar-refractivity contribution >= 4 is 51.9 Å². The van der Waals surface area contributed by atoms with Crippen LogP contribution in [0.2, 0.25) is 5.15 Å². The van der Waals surface area contributed by atoms with E-state index in [2.05, 4.69) is 19.0 Å². The summed E-state index contributed by atoms with van der Waals surface area (Å²) in [5.41, 5.74) is 2.02. The van der Waals surface area contributed by atoms with Gasteiger partial charge in [-0.15, -0.1) is 0 Å². The number of fused-ring (bicyclic) bond motifs is 1. The van der Waals surface area contributed by atoms with Crippen LogP contribution in [-0.4, -0.2) is 32.2 Å². The minimum atomic E-state index is -0.655. The van der Waals surface area contributed by atoms with E-state index in [1.807, 2.05) is 0 Å². The summed E-state index contributed by atoms with van der Waals surface area (Å²) in [6.07, 6.45) is 1.28. The lowest BCUT2D eigenvalue weighted by Gasteiger charge is -2.06. The van der Waals surface area contributed by atoms with Crippen LogP contribution in [0.1, 0.15) is 10.4 Å². The van der Waals surface area contributed by atoms with E-state index in [0.717, 1.165) is 11.7 Å². The standard InChI is InChI=1S/C14H9ClN4O3S/c15-11-5-4-8(6-16-11)14(21)22-7-12(20)17-9-2-1-3-10-13(9)19-23-18-10/h1-6H,7H2,(H,17,20). The highest BCUT2D eigenvalue weighted by Gasteiger charge is 2.12. The first-order chi connectivity index (χ1) is 11.1. The fourth-order valence-electron chi connectivity index (χ4n) is 1.80. The molecule has 0 radical (unpaired) electrons. The Morgan fingerprint density at radius 2 is 2.09 bits per heavy atom. The van der Waals surface area contributed by atoms with E-state index in [1.54, 1.807) is 18.2 Å². The van der Waals surface area contributed by atoms with Gasteiger partial charge in [-0.25, -0.2) is 9.78 Å². The van der Waals surface area contributed by atoms with Gasteiger partial charge in [-0.1, -0.05) is 17.7 Å². The van der Waals surface area contributed by atoms with E-state index in [4.69, 9.17) is 16.3 Å². The smallest absolute Gasteiger partial charge is 0.340 e. The number of nitrogens with zero attached hydrogens (tertiary/aromatic N) is 3. The summed E-state index contributed by atoms with van der Waals surface area (Å²) in [4.78, 5) is 27.4. The molecule has 0 aliphatic heterocycles.